The van der Waals surface area contributed by atoms with Gasteiger partial charge in [-0.2, -0.15) is 8.75 Å². The Balaban J connectivity index is 2.39. The quantitative estimate of drug-likeness (QED) is 0.779. The van der Waals surface area contributed by atoms with E-state index in [2.05, 4.69) is 19.1 Å². The van der Waals surface area contributed by atoms with E-state index in [1.54, 1.807) is 0 Å². The summed E-state index contributed by atoms with van der Waals surface area (Å²) >= 11 is 13.1. The molecule has 0 radical (unpaired) electrons. The van der Waals surface area contributed by atoms with Crippen LogP contribution in [0, 0.1) is 0 Å². The van der Waals surface area contributed by atoms with Crippen LogP contribution in [0.4, 0.5) is 0 Å². The molecule has 1 N–H and O–H groups in total. The van der Waals surface area contributed by atoms with Gasteiger partial charge in [0.05, 0.1) is 28.0 Å². The van der Waals surface area contributed by atoms with Gasteiger partial charge in [0.2, 0.25) is 0 Å². The second-order valence-electron chi connectivity index (χ2n) is 3.49. The number of hydrogen-bond acceptors (Lipinski definition) is 6. The maximum absolute atomic E-state index is 11.1. The monoisotopic (exact) mass is 315 g/mol. The van der Waals surface area contributed by atoms with Crippen LogP contribution in [0.25, 0.3) is 16.7 Å². The largest absolute Gasteiger partial charge is 0.476 e. The van der Waals surface area contributed by atoms with Crippen LogP contribution in [0.3, 0.4) is 0 Å². The van der Waals surface area contributed by atoms with E-state index in [1.165, 1.54) is 6.07 Å². The average molecular weight is 316 g/mol. The van der Waals surface area contributed by atoms with E-state index < -0.39 is 5.97 Å². The maximum atomic E-state index is 11.1. The highest BCUT2D eigenvalue weighted by Gasteiger charge is 2.21. The number of carboxylic acid groups (broad SMARTS) is 1. The summed E-state index contributed by atoms with van der Waals surface area (Å²) < 4.78 is 9.21. The van der Waals surface area contributed by atoms with Gasteiger partial charge < -0.3 is 5.11 Å². The van der Waals surface area contributed by atoms with Gasteiger partial charge in [-0.15, -0.1) is 5.10 Å². The first-order valence-electron chi connectivity index (χ1n) is 4.84. The number of nitrogens with zero attached hydrogens (tertiary/aromatic N) is 5. The van der Waals surface area contributed by atoms with Crippen molar-refractivity contribution in [1.29, 1.82) is 0 Å². The highest BCUT2D eigenvalue weighted by atomic mass is 35.5. The number of halogens is 2. The van der Waals surface area contributed by atoms with Gasteiger partial charge in [0, 0.05) is 0 Å². The number of aromatic carboxylic acids is 1. The van der Waals surface area contributed by atoms with E-state index in [1.807, 2.05) is 0 Å². The van der Waals surface area contributed by atoms with Crippen molar-refractivity contribution in [3.8, 4) is 5.69 Å². The molecule has 10 heteroatoms. The summed E-state index contributed by atoms with van der Waals surface area (Å²) in [4.78, 5) is 11.1. The molecule has 0 amide bonds. The second-order valence-corrected chi connectivity index (χ2v) is 4.83. The van der Waals surface area contributed by atoms with Gasteiger partial charge in [-0.1, -0.05) is 28.4 Å². The SMILES string of the molecule is O=C(O)c1cnnn1-c1c(Cl)cc(Cl)c2nsnc12. The lowest BCUT2D eigenvalue weighted by molar-refractivity contribution is 0.0687. The molecule has 1 aromatic carbocycles. The third-order valence-corrected chi connectivity index (χ3v) is 3.50. The molecule has 0 fully saturated rings. The normalized spacial score (nSPS) is 11.1. The van der Waals surface area contributed by atoms with E-state index >= 15 is 0 Å². The molecule has 0 saturated carbocycles. The lowest BCUT2D eigenvalue weighted by Crippen LogP contribution is -2.09. The Labute approximate surface area is 119 Å². The molecule has 0 saturated heterocycles. The van der Waals surface area contributed by atoms with Crippen LogP contribution < -0.4 is 0 Å². The van der Waals surface area contributed by atoms with Crippen LogP contribution in [-0.2, 0) is 0 Å². The van der Waals surface area contributed by atoms with Crippen molar-refractivity contribution in [1.82, 2.24) is 23.7 Å². The summed E-state index contributed by atoms with van der Waals surface area (Å²) in [7, 11) is 0. The molecular weight excluding hydrogens is 313 g/mol. The first-order valence-corrected chi connectivity index (χ1v) is 6.33. The summed E-state index contributed by atoms with van der Waals surface area (Å²) in [6.45, 7) is 0. The third-order valence-electron chi connectivity index (χ3n) is 2.40. The van der Waals surface area contributed by atoms with Crippen LogP contribution in [0.2, 0.25) is 10.0 Å². The summed E-state index contributed by atoms with van der Waals surface area (Å²) in [6, 6.07) is 1.47. The van der Waals surface area contributed by atoms with E-state index in [-0.39, 0.29) is 10.7 Å². The minimum atomic E-state index is -1.17. The first kappa shape index (κ1) is 12.3. The molecule has 7 nitrogen and oxygen atoms in total. The lowest BCUT2D eigenvalue weighted by atomic mass is 10.2. The molecule has 0 aliphatic heterocycles. The van der Waals surface area contributed by atoms with E-state index in [4.69, 9.17) is 28.3 Å². The number of carbonyl (C=O) groups is 1. The minimum absolute atomic E-state index is 0.126. The summed E-state index contributed by atoms with van der Waals surface area (Å²) in [5.41, 5.74) is 0.997. The molecule has 0 bridgehead atoms. The van der Waals surface area contributed by atoms with Gasteiger partial charge in [0.15, 0.2) is 5.69 Å². The van der Waals surface area contributed by atoms with E-state index in [0.717, 1.165) is 22.6 Å². The minimum Gasteiger partial charge on any atom is -0.476 e. The summed E-state index contributed by atoms with van der Waals surface area (Å²) in [6.07, 6.45) is 1.12. The Morgan fingerprint density at radius 3 is 2.74 bits per heavy atom. The number of carboxylic acids is 1. The van der Waals surface area contributed by atoms with Crippen LogP contribution in [-0.4, -0.2) is 34.8 Å². The van der Waals surface area contributed by atoms with Crippen molar-refractivity contribution in [3.05, 3.63) is 28.0 Å². The Kier molecular flexibility index (Phi) is 2.85. The van der Waals surface area contributed by atoms with Crippen LogP contribution >= 0.6 is 34.9 Å². The molecule has 3 aromatic rings. The van der Waals surface area contributed by atoms with Crippen molar-refractivity contribution in [2.24, 2.45) is 0 Å². The molecule has 0 unspecified atom stereocenters. The second kappa shape index (κ2) is 4.41. The number of rotatable bonds is 2. The standard InChI is InChI=1S/C9H3Cl2N5O2S/c10-3-1-4(11)8(7-6(3)13-19-14-7)16-5(9(17)18)2-12-15-16/h1-2H,(H,17,18). The Morgan fingerprint density at radius 1 is 1.26 bits per heavy atom. The number of hydrogen-bond donors (Lipinski definition) is 1. The van der Waals surface area contributed by atoms with Crippen molar-refractivity contribution < 1.29 is 9.90 Å². The van der Waals surface area contributed by atoms with Gasteiger partial charge in [-0.05, 0) is 6.07 Å². The van der Waals surface area contributed by atoms with Gasteiger partial charge in [-0.25, -0.2) is 9.48 Å². The number of fused-ring (bicyclic) bond motifs is 1. The fourth-order valence-corrected chi connectivity index (χ4v) is 2.80. The topological polar surface area (TPSA) is 93.8 Å². The molecule has 0 aliphatic rings. The van der Waals surface area contributed by atoms with Crippen LogP contribution in [0.15, 0.2) is 12.3 Å². The van der Waals surface area contributed by atoms with Crippen LogP contribution in [0.5, 0.6) is 0 Å². The zero-order valence-electron chi connectivity index (χ0n) is 8.91. The number of aromatic nitrogens is 5. The molecular formula is C9H3Cl2N5O2S. The van der Waals surface area contributed by atoms with Crippen molar-refractivity contribution >= 4 is 51.9 Å². The summed E-state index contributed by atoms with van der Waals surface area (Å²) in [5.74, 6) is -1.17. The molecule has 0 atom stereocenters. The van der Waals surface area contributed by atoms with Crippen molar-refractivity contribution in [3.63, 3.8) is 0 Å². The molecule has 0 spiro atoms. The van der Waals surface area contributed by atoms with Crippen molar-refractivity contribution in [2.75, 3.05) is 0 Å². The predicted octanol–water partition coefficient (Wildman–Crippen LogP) is 2.28. The average Bonchev–Trinajstić information content (AvgIpc) is 2.96. The Hall–Kier alpha value is -1.77. The number of benzene rings is 1. The molecule has 2 aromatic heterocycles. The molecule has 0 aliphatic carbocycles. The fraction of sp³-hybridized carbons (Fsp3) is 0. The molecule has 3 rings (SSSR count). The van der Waals surface area contributed by atoms with Gasteiger partial charge in [-0.3, -0.25) is 0 Å². The third kappa shape index (κ3) is 1.84. The van der Waals surface area contributed by atoms with E-state index in [9.17, 15) is 4.79 Å². The maximum Gasteiger partial charge on any atom is 0.356 e. The lowest BCUT2D eigenvalue weighted by Gasteiger charge is -2.06. The first-order chi connectivity index (χ1) is 9.09. The smallest absolute Gasteiger partial charge is 0.356 e. The van der Waals surface area contributed by atoms with Crippen LogP contribution in [0.1, 0.15) is 10.5 Å². The predicted molar refractivity (Wildman–Crippen MR) is 69.3 cm³/mol. The fourth-order valence-electron chi connectivity index (χ4n) is 1.61. The Bertz CT molecular complexity index is 799. The highest BCUT2D eigenvalue weighted by Crippen LogP contribution is 2.33. The Morgan fingerprint density at radius 2 is 2.00 bits per heavy atom. The zero-order valence-corrected chi connectivity index (χ0v) is 11.2. The van der Waals surface area contributed by atoms with Crippen molar-refractivity contribution in [2.45, 2.75) is 0 Å². The highest BCUT2D eigenvalue weighted by molar-refractivity contribution is 7.00. The van der Waals surface area contributed by atoms with Gasteiger partial charge in [0.25, 0.3) is 0 Å². The van der Waals surface area contributed by atoms with Gasteiger partial charge in [0.1, 0.15) is 16.7 Å². The molecule has 96 valence electrons. The van der Waals surface area contributed by atoms with E-state index in [0.29, 0.717) is 21.7 Å². The van der Waals surface area contributed by atoms with Gasteiger partial charge >= 0.3 is 5.97 Å². The molecule has 2 heterocycles. The summed E-state index contributed by atoms with van der Waals surface area (Å²) in [5, 5.41) is 16.9. The zero-order chi connectivity index (χ0) is 13.6. The molecule has 19 heavy (non-hydrogen) atoms.